The van der Waals surface area contributed by atoms with Gasteiger partial charge in [0.1, 0.15) is 11.5 Å². The van der Waals surface area contributed by atoms with Crippen molar-refractivity contribution in [1.82, 2.24) is 10.2 Å². The molecule has 1 fully saturated rings. The first-order valence-electron chi connectivity index (χ1n) is 7.28. The van der Waals surface area contributed by atoms with Gasteiger partial charge in [0.05, 0.1) is 25.1 Å². The Kier molecular flexibility index (Phi) is 8.11. The predicted molar refractivity (Wildman–Crippen MR) is 92.3 cm³/mol. The molecule has 1 aromatic rings. The third-order valence-corrected chi connectivity index (χ3v) is 4.50. The number of rotatable bonds is 5. The van der Waals surface area contributed by atoms with Gasteiger partial charge in [0.15, 0.2) is 0 Å². The molecule has 1 atom stereocenters. The Morgan fingerprint density at radius 2 is 1.75 bits per heavy atom. The van der Waals surface area contributed by atoms with Crippen LogP contribution >= 0.6 is 28.3 Å². The lowest BCUT2D eigenvalue weighted by Crippen LogP contribution is -2.46. The summed E-state index contributed by atoms with van der Waals surface area (Å²) < 4.78 is 50.6. The minimum absolute atomic E-state index is 0. The highest BCUT2D eigenvalue weighted by Gasteiger charge is 2.37. The molecule has 9 heteroatoms. The Balaban J connectivity index is 0.00000288. The Morgan fingerprint density at radius 1 is 1.17 bits per heavy atom. The first kappa shape index (κ1) is 21.3. The molecule has 138 valence electrons. The van der Waals surface area contributed by atoms with Crippen molar-refractivity contribution in [2.24, 2.45) is 0 Å². The first-order valence-corrected chi connectivity index (χ1v) is 8.08. The van der Waals surface area contributed by atoms with Crippen LogP contribution in [0.1, 0.15) is 18.0 Å². The lowest BCUT2D eigenvalue weighted by molar-refractivity contribution is -0.148. The zero-order chi connectivity index (χ0) is 17.0. The highest BCUT2D eigenvalue weighted by molar-refractivity contribution is 9.10. The number of hydrogen-bond acceptors (Lipinski definition) is 4. The van der Waals surface area contributed by atoms with Crippen LogP contribution in [0.15, 0.2) is 16.6 Å². The third-order valence-electron chi connectivity index (χ3n) is 3.88. The van der Waals surface area contributed by atoms with Crippen LogP contribution in [0, 0.1) is 0 Å². The topological polar surface area (TPSA) is 33.7 Å². The normalized spacial score (nSPS) is 17.1. The predicted octanol–water partition coefficient (Wildman–Crippen LogP) is 3.79. The molecule has 0 aliphatic carbocycles. The number of benzene rings is 1. The van der Waals surface area contributed by atoms with Crippen LogP contribution in [0.2, 0.25) is 0 Å². The first-order chi connectivity index (χ1) is 10.9. The van der Waals surface area contributed by atoms with Crippen LogP contribution in [-0.2, 0) is 0 Å². The molecule has 2 rings (SSSR count). The van der Waals surface area contributed by atoms with Crippen LogP contribution in [0.25, 0.3) is 0 Å². The summed E-state index contributed by atoms with van der Waals surface area (Å²) in [6.07, 6.45) is -5.19. The van der Waals surface area contributed by atoms with Crippen molar-refractivity contribution < 1.29 is 22.6 Å². The van der Waals surface area contributed by atoms with Crippen LogP contribution < -0.4 is 14.8 Å². The summed E-state index contributed by atoms with van der Waals surface area (Å²) >= 11 is 3.34. The van der Waals surface area contributed by atoms with E-state index >= 15 is 0 Å². The van der Waals surface area contributed by atoms with E-state index in [4.69, 9.17) is 9.47 Å². The molecule has 0 aromatic heterocycles. The van der Waals surface area contributed by atoms with E-state index in [-0.39, 0.29) is 12.4 Å². The average Bonchev–Trinajstić information content (AvgIpc) is 2.52. The van der Waals surface area contributed by atoms with Gasteiger partial charge >= 0.3 is 6.18 Å². The van der Waals surface area contributed by atoms with Gasteiger partial charge < -0.3 is 14.8 Å². The largest absolute Gasteiger partial charge is 0.496 e. The number of nitrogens with zero attached hydrogens (tertiary/aromatic N) is 1. The lowest BCUT2D eigenvalue weighted by Gasteiger charge is -2.36. The fraction of sp³-hybridized carbons (Fsp3) is 0.600. The van der Waals surface area contributed by atoms with E-state index in [1.54, 1.807) is 12.1 Å². The highest BCUT2D eigenvalue weighted by atomic mass is 79.9. The number of nitrogens with one attached hydrogen (secondary N) is 1. The van der Waals surface area contributed by atoms with Crippen molar-refractivity contribution in [3.05, 3.63) is 22.2 Å². The maximum atomic E-state index is 13.1. The Hall–Kier alpha value is -0.700. The van der Waals surface area contributed by atoms with E-state index in [0.717, 1.165) is 0 Å². The lowest BCUT2D eigenvalue weighted by atomic mass is 9.99. The van der Waals surface area contributed by atoms with Gasteiger partial charge in [-0.2, -0.15) is 13.2 Å². The molecule has 0 amide bonds. The SMILES string of the molecule is COc1cc([C@@H](CC(F)(F)F)N2CCNCC2)c(OC)cc1Br.Cl. The van der Waals surface area contributed by atoms with Crippen LogP contribution in [0.4, 0.5) is 13.2 Å². The van der Waals surface area contributed by atoms with Crippen molar-refractivity contribution in [3.63, 3.8) is 0 Å². The molecule has 24 heavy (non-hydrogen) atoms. The van der Waals surface area contributed by atoms with Gasteiger partial charge in [0.2, 0.25) is 0 Å². The fourth-order valence-corrected chi connectivity index (χ4v) is 3.28. The zero-order valence-corrected chi connectivity index (χ0v) is 15.9. The van der Waals surface area contributed by atoms with Crippen molar-refractivity contribution in [3.8, 4) is 11.5 Å². The monoisotopic (exact) mass is 432 g/mol. The second-order valence-corrected chi connectivity index (χ2v) is 6.20. The van der Waals surface area contributed by atoms with Crippen molar-refractivity contribution in [1.29, 1.82) is 0 Å². The van der Waals surface area contributed by atoms with E-state index in [1.807, 2.05) is 4.90 Å². The summed E-state index contributed by atoms with van der Waals surface area (Å²) in [5, 5.41) is 3.16. The number of methoxy groups -OCH3 is 2. The van der Waals surface area contributed by atoms with Gasteiger partial charge in [-0.15, -0.1) is 12.4 Å². The summed E-state index contributed by atoms with van der Waals surface area (Å²) in [5.74, 6) is 0.911. The Bertz CT molecular complexity index is 540. The second-order valence-electron chi connectivity index (χ2n) is 5.35. The van der Waals surface area contributed by atoms with Crippen molar-refractivity contribution in [2.45, 2.75) is 18.6 Å². The third kappa shape index (κ3) is 5.40. The maximum absolute atomic E-state index is 13.1. The Morgan fingerprint density at radius 3 is 2.25 bits per heavy atom. The standard InChI is InChI=1S/C15H20BrF3N2O2.ClH/c1-22-13-8-11(16)14(23-2)7-10(13)12(9-15(17,18)19)21-5-3-20-4-6-21;/h7-8,12,20H,3-6,9H2,1-2H3;1H/t12-;/m1./s1. The van der Waals surface area contributed by atoms with E-state index < -0.39 is 18.6 Å². The molecule has 0 saturated carbocycles. The van der Waals surface area contributed by atoms with Gasteiger partial charge in [0, 0.05) is 37.8 Å². The molecule has 0 radical (unpaired) electrons. The van der Waals surface area contributed by atoms with E-state index in [2.05, 4.69) is 21.2 Å². The average molecular weight is 434 g/mol. The quantitative estimate of drug-likeness (QED) is 0.766. The molecule has 1 aromatic carbocycles. The highest BCUT2D eigenvalue weighted by Crippen LogP contribution is 2.42. The smallest absolute Gasteiger partial charge is 0.390 e. The molecular formula is C15H21BrClF3N2O2. The van der Waals surface area contributed by atoms with Gasteiger partial charge in [-0.25, -0.2) is 0 Å². The van der Waals surface area contributed by atoms with Gasteiger partial charge in [-0.3, -0.25) is 4.90 Å². The van der Waals surface area contributed by atoms with Gasteiger partial charge in [-0.1, -0.05) is 0 Å². The van der Waals surface area contributed by atoms with Crippen molar-refractivity contribution >= 4 is 28.3 Å². The molecule has 0 bridgehead atoms. The van der Waals surface area contributed by atoms with Crippen LogP contribution in [-0.4, -0.2) is 51.5 Å². The van der Waals surface area contributed by atoms with Gasteiger partial charge in [0.25, 0.3) is 0 Å². The molecule has 0 unspecified atom stereocenters. The molecule has 1 saturated heterocycles. The van der Waals surface area contributed by atoms with E-state index in [1.165, 1.54) is 14.2 Å². The minimum atomic E-state index is -4.26. The number of hydrogen-bond donors (Lipinski definition) is 1. The number of ether oxygens (including phenoxy) is 2. The number of alkyl halides is 3. The van der Waals surface area contributed by atoms with Crippen molar-refractivity contribution in [2.75, 3.05) is 40.4 Å². The summed E-state index contributed by atoms with van der Waals surface area (Å²) in [6, 6.07) is 2.48. The summed E-state index contributed by atoms with van der Waals surface area (Å²) in [6.45, 7) is 2.46. The van der Waals surface area contributed by atoms with Gasteiger partial charge in [-0.05, 0) is 28.1 Å². The summed E-state index contributed by atoms with van der Waals surface area (Å²) in [4.78, 5) is 1.84. The minimum Gasteiger partial charge on any atom is -0.496 e. The van der Waals surface area contributed by atoms with Crippen LogP contribution in [0.5, 0.6) is 11.5 Å². The maximum Gasteiger partial charge on any atom is 0.390 e. The summed E-state index contributed by atoms with van der Waals surface area (Å²) in [5.41, 5.74) is 0.492. The molecule has 0 spiro atoms. The van der Waals surface area contributed by atoms with Crippen LogP contribution in [0.3, 0.4) is 0 Å². The zero-order valence-electron chi connectivity index (χ0n) is 13.5. The molecular weight excluding hydrogens is 413 g/mol. The molecule has 1 heterocycles. The number of halogens is 5. The van der Waals surface area contributed by atoms with E-state index in [9.17, 15) is 13.2 Å². The molecule has 4 nitrogen and oxygen atoms in total. The number of piperazine rings is 1. The fourth-order valence-electron chi connectivity index (χ4n) is 2.79. The molecule has 1 N–H and O–H groups in total. The molecule has 1 aliphatic heterocycles. The Labute approximate surface area is 154 Å². The summed E-state index contributed by atoms with van der Waals surface area (Å²) in [7, 11) is 2.94. The van der Waals surface area contributed by atoms with E-state index in [0.29, 0.717) is 47.7 Å². The second kappa shape index (κ2) is 9.12. The molecule has 1 aliphatic rings.